The number of benzene rings is 1. The van der Waals surface area contributed by atoms with Crippen LogP contribution in [0, 0.1) is 6.92 Å². The maximum Gasteiger partial charge on any atom is 0.240 e. The Bertz CT molecular complexity index is 877. The summed E-state index contributed by atoms with van der Waals surface area (Å²) in [4.78, 5) is 13.5. The molecule has 2 N–H and O–H groups in total. The molecule has 1 amide bonds. The number of hydrogen-bond acceptors (Lipinski definition) is 5. The SMILES string of the molecule is Cc1ccc([C@@H](NCC(=O)Nc2cc(C(C)(C)C)no2)c2cccs2)cc1. The van der Waals surface area contributed by atoms with Crippen molar-refractivity contribution in [2.45, 2.75) is 39.2 Å². The van der Waals surface area contributed by atoms with Crippen LogP contribution in [0.1, 0.15) is 48.5 Å². The van der Waals surface area contributed by atoms with E-state index in [2.05, 4.69) is 53.0 Å². The summed E-state index contributed by atoms with van der Waals surface area (Å²) in [5, 5.41) is 12.2. The van der Waals surface area contributed by atoms with Gasteiger partial charge in [-0.3, -0.25) is 15.4 Å². The third-order valence-corrected chi connectivity index (χ3v) is 5.18. The number of amides is 1. The average Bonchev–Trinajstić information content (AvgIpc) is 3.28. The summed E-state index contributed by atoms with van der Waals surface area (Å²) < 4.78 is 5.23. The number of hydrogen-bond donors (Lipinski definition) is 2. The second-order valence-electron chi connectivity index (χ2n) is 7.61. The molecule has 0 spiro atoms. The van der Waals surface area contributed by atoms with Gasteiger partial charge in [-0.05, 0) is 23.9 Å². The van der Waals surface area contributed by atoms with Crippen LogP contribution in [0.2, 0.25) is 0 Å². The molecule has 1 aromatic carbocycles. The molecule has 0 aliphatic carbocycles. The Kier molecular flexibility index (Phi) is 5.77. The second kappa shape index (κ2) is 8.06. The van der Waals surface area contributed by atoms with Crippen LogP contribution in [0.25, 0.3) is 0 Å². The summed E-state index contributed by atoms with van der Waals surface area (Å²) in [5.41, 5.74) is 3.02. The van der Waals surface area contributed by atoms with Crippen molar-refractivity contribution >= 4 is 23.1 Å². The minimum atomic E-state index is -0.166. The largest absolute Gasteiger partial charge is 0.338 e. The van der Waals surface area contributed by atoms with Crippen LogP contribution < -0.4 is 10.6 Å². The van der Waals surface area contributed by atoms with Crippen LogP contribution in [0.15, 0.2) is 52.4 Å². The molecule has 3 rings (SSSR count). The molecule has 27 heavy (non-hydrogen) atoms. The lowest BCUT2D eigenvalue weighted by Gasteiger charge is -2.18. The number of nitrogens with zero attached hydrogens (tertiary/aromatic N) is 1. The highest BCUT2D eigenvalue weighted by Gasteiger charge is 2.20. The molecule has 0 saturated heterocycles. The fraction of sp³-hybridized carbons (Fsp3) is 0.333. The number of thiophene rings is 1. The zero-order chi connectivity index (χ0) is 19.4. The Hall–Kier alpha value is -2.44. The van der Waals surface area contributed by atoms with E-state index in [0.29, 0.717) is 5.88 Å². The highest BCUT2D eigenvalue weighted by molar-refractivity contribution is 7.10. The van der Waals surface area contributed by atoms with Gasteiger partial charge in [0.1, 0.15) is 0 Å². The van der Waals surface area contributed by atoms with Gasteiger partial charge in [0.05, 0.1) is 18.3 Å². The van der Waals surface area contributed by atoms with Gasteiger partial charge in [0.15, 0.2) is 0 Å². The maximum atomic E-state index is 12.4. The van der Waals surface area contributed by atoms with Gasteiger partial charge < -0.3 is 4.52 Å². The summed E-state index contributed by atoms with van der Waals surface area (Å²) in [7, 11) is 0. The molecule has 2 heterocycles. The lowest BCUT2D eigenvalue weighted by atomic mass is 9.92. The molecule has 6 heteroatoms. The number of anilines is 1. The fourth-order valence-corrected chi connectivity index (χ4v) is 3.49. The molecule has 5 nitrogen and oxygen atoms in total. The molecule has 3 aromatic rings. The normalized spacial score (nSPS) is 12.7. The van der Waals surface area contributed by atoms with E-state index in [1.54, 1.807) is 17.4 Å². The Morgan fingerprint density at radius 2 is 1.96 bits per heavy atom. The summed E-state index contributed by atoms with van der Waals surface area (Å²) in [6, 6.07) is 14.2. The quantitative estimate of drug-likeness (QED) is 0.650. The van der Waals surface area contributed by atoms with Crippen molar-refractivity contribution in [3.05, 3.63) is 69.5 Å². The van der Waals surface area contributed by atoms with Crippen LogP contribution in [0.3, 0.4) is 0 Å². The zero-order valence-corrected chi connectivity index (χ0v) is 16.9. The van der Waals surface area contributed by atoms with Crippen molar-refractivity contribution in [1.29, 1.82) is 0 Å². The Labute approximate surface area is 163 Å². The van der Waals surface area contributed by atoms with Crippen molar-refractivity contribution in [1.82, 2.24) is 10.5 Å². The number of carbonyl (C=O) groups excluding carboxylic acids is 1. The van der Waals surface area contributed by atoms with E-state index in [1.807, 2.05) is 32.2 Å². The van der Waals surface area contributed by atoms with E-state index in [1.165, 1.54) is 10.4 Å². The summed E-state index contributed by atoms with van der Waals surface area (Å²) in [6.45, 7) is 8.37. The highest BCUT2D eigenvalue weighted by atomic mass is 32.1. The minimum absolute atomic E-state index is 0.0313. The molecule has 0 aliphatic heterocycles. The first-order valence-electron chi connectivity index (χ1n) is 8.93. The standard InChI is InChI=1S/C21H25N3O2S/c1-14-7-9-15(10-8-14)20(16-6-5-11-27-16)22-13-18(25)23-19-12-17(24-26-19)21(2,3)4/h5-12,20,22H,13H2,1-4H3,(H,23,25)/t20-/m1/s1. The van der Waals surface area contributed by atoms with E-state index < -0.39 is 0 Å². The van der Waals surface area contributed by atoms with Gasteiger partial charge in [0, 0.05) is 16.4 Å². The molecule has 0 unspecified atom stereocenters. The predicted octanol–water partition coefficient (Wildman–Crippen LogP) is 4.66. The smallest absolute Gasteiger partial charge is 0.240 e. The van der Waals surface area contributed by atoms with Crippen LogP contribution in [-0.4, -0.2) is 17.6 Å². The maximum absolute atomic E-state index is 12.4. The van der Waals surface area contributed by atoms with E-state index in [4.69, 9.17) is 4.52 Å². The Morgan fingerprint density at radius 3 is 2.56 bits per heavy atom. The number of rotatable bonds is 6. The number of nitrogens with one attached hydrogen (secondary N) is 2. The van der Waals surface area contributed by atoms with Gasteiger partial charge in [0.25, 0.3) is 0 Å². The van der Waals surface area contributed by atoms with Crippen molar-refractivity contribution in [2.24, 2.45) is 0 Å². The van der Waals surface area contributed by atoms with Gasteiger partial charge in [-0.15, -0.1) is 11.3 Å². The van der Waals surface area contributed by atoms with Crippen LogP contribution >= 0.6 is 11.3 Å². The molecule has 142 valence electrons. The molecule has 0 saturated carbocycles. The average molecular weight is 384 g/mol. The van der Waals surface area contributed by atoms with Crippen LogP contribution in [0.4, 0.5) is 5.88 Å². The highest BCUT2D eigenvalue weighted by Crippen LogP contribution is 2.26. The predicted molar refractivity (Wildman–Crippen MR) is 109 cm³/mol. The lowest BCUT2D eigenvalue weighted by Crippen LogP contribution is -2.31. The summed E-state index contributed by atoms with van der Waals surface area (Å²) in [5.74, 6) is 0.204. The first-order chi connectivity index (χ1) is 12.8. The minimum Gasteiger partial charge on any atom is -0.338 e. The summed E-state index contributed by atoms with van der Waals surface area (Å²) >= 11 is 1.67. The van der Waals surface area contributed by atoms with E-state index in [9.17, 15) is 4.79 Å². The second-order valence-corrected chi connectivity index (χ2v) is 8.59. The van der Waals surface area contributed by atoms with Crippen molar-refractivity contribution < 1.29 is 9.32 Å². The van der Waals surface area contributed by atoms with Gasteiger partial charge in [-0.2, -0.15) is 0 Å². The van der Waals surface area contributed by atoms with Gasteiger partial charge in [-0.25, -0.2) is 0 Å². The molecule has 0 bridgehead atoms. The first kappa shape index (κ1) is 19.3. The Morgan fingerprint density at radius 1 is 1.22 bits per heavy atom. The fourth-order valence-electron chi connectivity index (χ4n) is 2.66. The zero-order valence-electron chi connectivity index (χ0n) is 16.1. The third-order valence-electron chi connectivity index (χ3n) is 4.25. The van der Waals surface area contributed by atoms with E-state index >= 15 is 0 Å². The molecular formula is C21H25N3O2S. The molecule has 0 radical (unpaired) electrons. The third kappa shape index (κ3) is 5.05. The monoisotopic (exact) mass is 383 g/mol. The molecule has 0 aliphatic rings. The molecule has 2 aromatic heterocycles. The molecular weight excluding hydrogens is 358 g/mol. The van der Waals surface area contributed by atoms with Crippen molar-refractivity contribution in [3.63, 3.8) is 0 Å². The first-order valence-corrected chi connectivity index (χ1v) is 9.81. The summed E-state index contributed by atoms with van der Waals surface area (Å²) in [6.07, 6.45) is 0. The van der Waals surface area contributed by atoms with Crippen LogP contribution in [-0.2, 0) is 10.2 Å². The van der Waals surface area contributed by atoms with Crippen molar-refractivity contribution in [2.75, 3.05) is 11.9 Å². The Balaban J connectivity index is 1.66. The number of aromatic nitrogens is 1. The number of carbonyl (C=O) groups is 1. The molecule has 1 atom stereocenters. The van der Waals surface area contributed by atoms with E-state index in [-0.39, 0.29) is 23.9 Å². The molecule has 0 fully saturated rings. The number of aryl methyl sites for hydroxylation is 1. The van der Waals surface area contributed by atoms with E-state index in [0.717, 1.165) is 11.3 Å². The van der Waals surface area contributed by atoms with Gasteiger partial charge >= 0.3 is 0 Å². The van der Waals surface area contributed by atoms with Crippen molar-refractivity contribution in [3.8, 4) is 0 Å². The van der Waals surface area contributed by atoms with Crippen LogP contribution in [0.5, 0.6) is 0 Å². The van der Waals surface area contributed by atoms with Gasteiger partial charge in [0.2, 0.25) is 11.8 Å². The van der Waals surface area contributed by atoms with Gasteiger partial charge in [-0.1, -0.05) is 61.8 Å². The topological polar surface area (TPSA) is 67.2 Å². The lowest BCUT2D eigenvalue weighted by molar-refractivity contribution is -0.115.